The van der Waals surface area contributed by atoms with Crippen LogP contribution < -0.4 is 5.73 Å². The number of hydrogen-bond donors (Lipinski definition) is 2. The van der Waals surface area contributed by atoms with Crippen molar-refractivity contribution in [2.75, 3.05) is 6.61 Å². The van der Waals surface area contributed by atoms with E-state index in [1.54, 1.807) is 0 Å². The van der Waals surface area contributed by atoms with E-state index >= 15 is 0 Å². The Morgan fingerprint density at radius 1 is 1.30 bits per heavy atom. The fourth-order valence-electron chi connectivity index (χ4n) is 1.10. The number of rotatable bonds is 4. The van der Waals surface area contributed by atoms with Gasteiger partial charge in [0.15, 0.2) is 0 Å². The molecular weight excluding hydrogens is 126 g/mol. The van der Waals surface area contributed by atoms with E-state index in [0.717, 1.165) is 6.42 Å². The highest BCUT2D eigenvalue weighted by molar-refractivity contribution is 4.68. The van der Waals surface area contributed by atoms with E-state index in [1.807, 2.05) is 0 Å². The zero-order chi connectivity index (χ0) is 8.15. The molecule has 0 aromatic rings. The van der Waals surface area contributed by atoms with Crippen LogP contribution in [-0.4, -0.2) is 17.8 Å². The van der Waals surface area contributed by atoms with Gasteiger partial charge in [-0.3, -0.25) is 0 Å². The normalized spacial score (nSPS) is 17.4. The molecule has 0 aromatic heterocycles. The van der Waals surface area contributed by atoms with E-state index in [4.69, 9.17) is 10.8 Å². The third kappa shape index (κ3) is 3.85. The van der Waals surface area contributed by atoms with Gasteiger partial charge in [0.2, 0.25) is 0 Å². The second kappa shape index (κ2) is 4.69. The zero-order valence-corrected chi connectivity index (χ0v) is 7.17. The number of nitrogens with two attached hydrogens (primary N) is 1. The fourth-order valence-corrected chi connectivity index (χ4v) is 1.10. The largest absolute Gasteiger partial charge is 0.395 e. The lowest BCUT2D eigenvalue weighted by Gasteiger charge is -2.18. The van der Waals surface area contributed by atoms with Crippen molar-refractivity contribution in [1.29, 1.82) is 0 Å². The molecule has 0 spiro atoms. The van der Waals surface area contributed by atoms with Gasteiger partial charge in [-0.15, -0.1) is 0 Å². The van der Waals surface area contributed by atoms with Gasteiger partial charge in [0, 0.05) is 6.04 Å². The summed E-state index contributed by atoms with van der Waals surface area (Å²) < 4.78 is 0. The molecular formula is C8H19NO. The van der Waals surface area contributed by atoms with E-state index in [2.05, 4.69) is 20.8 Å². The highest BCUT2D eigenvalue weighted by atomic mass is 16.3. The summed E-state index contributed by atoms with van der Waals surface area (Å²) in [7, 11) is 0. The molecule has 0 saturated carbocycles. The van der Waals surface area contributed by atoms with Gasteiger partial charge in [-0.1, -0.05) is 20.8 Å². The second-order valence-corrected chi connectivity index (χ2v) is 3.45. The molecule has 0 aliphatic heterocycles. The van der Waals surface area contributed by atoms with Crippen molar-refractivity contribution in [3.05, 3.63) is 0 Å². The summed E-state index contributed by atoms with van der Waals surface area (Å²) in [5.41, 5.74) is 5.61. The van der Waals surface area contributed by atoms with E-state index in [1.165, 1.54) is 0 Å². The van der Waals surface area contributed by atoms with Crippen molar-refractivity contribution in [2.45, 2.75) is 33.2 Å². The van der Waals surface area contributed by atoms with Gasteiger partial charge >= 0.3 is 0 Å². The summed E-state index contributed by atoms with van der Waals surface area (Å²) in [5, 5.41) is 8.69. The van der Waals surface area contributed by atoms with Crippen molar-refractivity contribution in [3.8, 4) is 0 Å². The summed E-state index contributed by atoms with van der Waals surface area (Å²) in [6, 6.07) is -0.0394. The van der Waals surface area contributed by atoms with Gasteiger partial charge in [0.25, 0.3) is 0 Å². The number of aliphatic hydroxyl groups excluding tert-OH is 1. The Bertz CT molecular complexity index is 83.3. The SMILES string of the molecule is CC(C)C[C@@H](C)[C@H](N)CO. The molecule has 2 atom stereocenters. The van der Waals surface area contributed by atoms with Gasteiger partial charge in [-0.25, -0.2) is 0 Å². The van der Waals surface area contributed by atoms with Crippen LogP contribution in [0, 0.1) is 11.8 Å². The Hall–Kier alpha value is -0.0800. The molecule has 0 radical (unpaired) electrons. The number of hydrogen-bond acceptors (Lipinski definition) is 2. The van der Waals surface area contributed by atoms with Crippen LogP contribution in [0.2, 0.25) is 0 Å². The van der Waals surface area contributed by atoms with E-state index < -0.39 is 0 Å². The van der Waals surface area contributed by atoms with Crippen LogP contribution in [0.3, 0.4) is 0 Å². The first kappa shape index (κ1) is 9.92. The predicted octanol–water partition coefficient (Wildman–Crippen LogP) is 0.988. The summed E-state index contributed by atoms with van der Waals surface area (Å²) in [6.45, 7) is 6.52. The highest BCUT2D eigenvalue weighted by Gasteiger charge is 2.12. The maximum Gasteiger partial charge on any atom is 0.0585 e. The standard InChI is InChI=1S/C8H19NO/c1-6(2)4-7(3)8(9)5-10/h6-8,10H,4-5,9H2,1-3H3/t7-,8-/m1/s1. The first-order chi connectivity index (χ1) is 4.57. The van der Waals surface area contributed by atoms with Crippen LogP contribution in [0.1, 0.15) is 27.2 Å². The number of aliphatic hydroxyl groups is 1. The molecule has 2 heteroatoms. The Labute approximate surface area is 63.4 Å². The first-order valence-electron chi connectivity index (χ1n) is 3.94. The minimum absolute atomic E-state index is 0.0394. The smallest absolute Gasteiger partial charge is 0.0585 e. The topological polar surface area (TPSA) is 46.2 Å². The van der Waals surface area contributed by atoms with Crippen molar-refractivity contribution in [1.82, 2.24) is 0 Å². The van der Waals surface area contributed by atoms with Crippen LogP contribution in [0.5, 0.6) is 0 Å². The Morgan fingerprint density at radius 2 is 1.80 bits per heavy atom. The third-order valence-corrected chi connectivity index (χ3v) is 1.78. The summed E-state index contributed by atoms with van der Waals surface area (Å²) in [6.07, 6.45) is 1.10. The van der Waals surface area contributed by atoms with E-state index in [0.29, 0.717) is 11.8 Å². The van der Waals surface area contributed by atoms with Crippen LogP contribution in [-0.2, 0) is 0 Å². The predicted molar refractivity (Wildman–Crippen MR) is 43.7 cm³/mol. The maximum absolute atomic E-state index is 8.69. The minimum Gasteiger partial charge on any atom is -0.395 e. The molecule has 0 bridgehead atoms. The Morgan fingerprint density at radius 3 is 2.10 bits per heavy atom. The zero-order valence-electron chi connectivity index (χ0n) is 7.17. The van der Waals surface area contributed by atoms with Crippen LogP contribution in [0.15, 0.2) is 0 Å². The molecule has 62 valence electrons. The lowest BCUT2D eigenvalue weighted by molar-refractivity contribution is 0.220. The molecule has 0 saturated heterocycles. The van der Waals surface area contributed by atoms with Crippen LogP contribution >= 0.6 is 0 Å². The van der Waals surface area contributed by atoms with Crippen molar-refractivity contribution in [3.63, 3.8) is 0 Å². The maximum atomic E-state index is 8.69. The molecule has 2 nitrogen and oxygen atoms in total. The molecule has 0 unspecified atom stereocenters. The van der Waals surface area contributed by atoms with Crippen molar-refractivity contribution >= 4 is 0 Å². The van der Waals surface area contributed by atoms with Crippen molar-refractivity contribution < 1.29 is 5.11 Å². The average Bonchev–Trinajstić information content (AvgIpc) is 1.85. The fraction of sp³-hybridized carbons (Fsp3) is 1.00. The minimum atomic E-state index is -0.0394. The first-order valence-corrected chi connectivity index (χ1v) is 3.94. The van der Waals surface area contributed by atoms with Gasteiger partial charge < -0.3 is 10.8 Å². The molecule has 3 N–H and O–H groups in total. The summed E-state index contributed by atoms with van der Waals surface area (Å²) in [4.78, 5) is 0. The molecule has 0 fully saturated rings. The van der Waals surface area contributed by atoms with Gasteiger partial charge in [-0.05, 0) is 18.3 Å². The van der Waals surface area contributed by atoms with Gasteiger partial charge in [0.05, 0.1) is 6.61 Å². The second-order valence-electron chi connectivity index (χ2n) is 3.45. The molecule has 0 aliphatic carbocycles. The average molecular weight is 145 g/mol. The van der Waals surface area contributed by atoms with Crippen LogP contribution in [0.4, 0.5) is 0 Å². The summed E-state index contributed by atoms with van der Waals surface area (Å²) >= 11 is 0. The van der Waals surface area contributed by atoms with Crippen molar-refractivity contribution in [2.24, 2.45) is 17.6 Å². The monoisotopic (exact) mass is 145 g/mol. The Kier molecular flexibility index (Phi) is 4.65. The quantitative estimate of drug-likeness (QED) is 0.619. The molecule has 0 aliphatic rings. The van der Waals surface area contributed by atoms with Gasteiger partial charge in [0.1, 0.15) is 0 Å². The highest BCUT2D eigenvalue weighted by Crippen LogP contribution is 2.12. The molecule has 10 heavy (non-hydrogen) atoms. The molecule has 0 amide bonds. The lowest BCUT2D eigenvalue weighted by Crippen LogP contribution is -2.32. The van der Waals surface area contributed by atoms with Gasteiger partial charge in [-0.2, -0.15) is 0 Å². The Balaban J connectivity index is 3.50. The molecule has 0 heterocycles. The van der Waals surface area contributed by atoms with E-state index in [-0.39, 0.29) is 12.6 Å². The van der Waals surface area contributed by atoms with E-state index in [9.17, 15) is 0 Å². The summed E-state index contributed by atoms with van der Waals surface area (Å²) in [5.74, 6) is 1.11. The lowest BCUT2D eigenvalue weighted by atomic mass is 9.93. The molecule has 0 rings (SSSR count). The third-order valence-electron chi connectivity index (χ3n) is 1.78. The van der Waals surface area contributed by atoms with Crippen LogP contribution in [0.25, 0.3) is 0 Å². The molecule has 0 aromatic carbocycles.